The van der Waals surface area contributed by atoms with Crippen LogP contribution in [0.25, 0.3) is 22.3 Å². The van der Waals surface area contributed by atoms with E-state index in [9.17, 15) is 53.1 Å². The molecule has 24 heteroatoms. The molecule has 23 nitrogen and oxygen atoms in total. The molecule has 4 atom stereocenters. The van der Waals surface area contributed by atoms with Gasteiger partial charge in [0.25, 0.3) is 17.4 Å². The van der Waals surface area contributed by atoms with Crippen LogP contribution in [0.5, 0.6) is 0 Å². The number of pyridine rings is 2. The number of halogens is 1. The SMILES string of the molecule is CC[C@@]1(O)C(=O)OCc2c1cc1n(c2=O)Cc2c-1nc1cc(F)c(C)cc1c2CN(Cc1ccccc1)C(=O)COCNC(=O)[C@H](C)NC(=O)[C@@H](C)NC(=O)[C@H](C)NC(=O)CCOCCNC(=O)CCN1C(=O)C=CC1=O. The van der Waals surface area contributed by atoms with Crippen LogP contribution in [0.3, 0.4) is 0 Å². The number of carbonyl (C=O) groups excluding carboxylic acids is 9. The molecule has 8 amide bonds. The van der Waals surface area contributed by atoms with Gasteiger partial charge in [0.1, 0.15) is 43.9 Å². The summed E-state index contributed by atoms with van der Waals surface area (Å²) in [7, 11) is 0. The Morgan fingerprint density at radius 2 is 1.51 bits per heavy atom. The maximum Gasteiger partial charge on any atom is 0.343 e. The fraction of sp³-hybridized carbons (Fsp3) is 0.415. The zero-order valence-electron chi connectivity index (χ0n) is 43.1. The maximum atomic E-state index is 15.2. The number of hydrogen-bond acceptors (Lipinski definition) is 15. The minimum absolute atomic E-state index is 0.0137. The highest BCUT2D eigenvalue weighted by Gasteiger charge is 2.45. The van der Waals surface area contributed by atoms with E-state index in [0.717, 1.165) is 22.6 Å². The highest BCUT2D eigenvalue weighted by atomic mass is 19.1. The van der Waals surface area contributed by atoms with Crippen LogP contribution >= 0.6 is 0 Å². The van der Waals surface area contributed by atoms with Crippen LogP contribution in [-0.2, 0) is 89.2 Å². The predicted octanol–water partition coefficient (Wildman–Crippen LogP) is 0.498. The summed E-state index contributed by atoms with van der Waals surface area (Å²) < 4.78 is 32.9. The summed E-state index contributed by atoms with van der Waals surface area (Å²) in [5, 5.41) is 24.5. The molecule has 7 rings (SSSR count). The van der Waals surface area contributed by atoms with E-state index in [0.29, 0.717) is 33.5 Å². The number of rotatable bonds is 24. The van der Waals surface area contributed by atoms with Crippen molar-refractivity contribution in [1.82, 2.24) is 45.9 Å². The first-order valence-electron chi connectivity index (χ1n) is 24.9. The second-order valence-corrected chi connectivity index (χ2v) is 18.8. The van der Waals surface area contributed by atoms with Gasteiger partial charge in [-0.15, -0.1) is 0 Å². The highest BCUT2D eigenvalue weighted by molar-refractivity contribution is 6.13. The van der Waals surface area contributed by atoms with Gasteiger partial charge in [-0.2, -0.15) is 0 Å². The average Bonchev–Trinajstić information content (AvgIpc) is 4.21. The smallest absolute Gasteiger partial charge is 0.343 e. The number of imide groups is 1. The van der Waals surface area contributed by atoms with Gasteiger partial charge in [0.2, 0.25) is 35.4 Å². The molecule has 3 aliphatic rings. The molecule has 408 valence electrons. The lowest BCUT2D eigenvalue weighted by molar-refractivity contribution is -0.172. The van der Waals surface area contributed by atoms with Crippen LogP contribution in [-0.4, -0.2) is 135 Å². The average molecular weight is 1070 g/mol. The van der Waals surface area contributed by atoms with Gasteiger partial charge >= 0.3 is 5.97 Å². The van der Waals surface area contributed by atoms with Crippen molar-refractivity contribution in [2.45, 2.75) is 104 Å². The molecule has 2 aromatic carbocycles. The normalized spacial score (nSPS) is 16.4. The summed E-state index contributed by atoms with van der Waals surface area (Å²) in [6, 6.07) is 10.3. The first-order valence-corrected chi connectivity index (χ1v) is 24.9. The lowest BCUT2D eigenvalue weighted by Gasteiger charge is -2.31. The molecule has 4 aromatic rings. The molecule has 77 heavy (non-hydrogen) atoms. The van der Waals surface area contributed by atoms with Crippen molar-refractivity contribution in [2.75, 3.05) is 39.6 Å². The quantitative estimate of drug-likeness (QED) is 0.0212. The van der Waals surface area contributed by atoms with Crippen LogP contribution in [0.2, 0.25) is 0 Å². The predicted molar refractivity (Wildman–Crippen MR) is 271 cm³/mol. The van der Waals surface area contributed by atoms with E-state index in [1.807, 2.05) is 30.3 Å². The fourth-order valence-corrected chi connectivity index (χ4v) is 8.87. The molecule has 0 unspecified atom stereocenters. The summed E-state index contributed by atoms with van der Waals surface area (Å²) in [4.78, 5) is 135. The van der Waals surface area contributed by atoms with Crippen LogP contribution in [0.1, 0.15) is 80.3 Å². The Hall–Kier alpha value is -8.22. The molecule has 0 bridgehead atoms. The number of hydrogen-bond donors (Lipinski definition) is 6. The second-order valence-electron chi connectivity index (χ2n) is 18.8. The van der Waals surface area contributed by atoms with Gasteiger partial charge in [0.05, 0.1) is 42.2 Å². The third-order valence-corrected chi connectivity index (χ3v) is 13.4. The van der Waals surface area contributed by atoms with E-state index in [-0.39, 0.29) is 88.5 Å². The Morgan fingerprint density at radius 1 is 0.831 bits per heavy atom. The second kappa shape index (κ2) is 24.6. The molecular formula is C53H60FN9O14. The molecule has 0 radical (unpaired) electrons. The van der Waals surface area contributed by atoms with E-state index >= 15 is 4.39 Å². The number of cyclic esters (lactones) is 1. The van der Waals surface area contributed by atoms with Crippen molar-refractivity contribution in [2.24, 2.45) is 0 Å². The van der Waals surface area contributed by atoms with Crippen molar-refractivity contribution in [3.8, 4) is 11.4 Å². The number of ether oxygens (including phenoxy) is 3. The largest absolute Gasteiger partial charge is 0.458 e. The Labute approximate surface area is 440 Å². The van der Waals surface area contributed by atoms with Gasteiger partial charge in [-0.25, -0.2) is 14.2 Å². The summed E-state index contributed by atoms with van der Waals surface area (Å²) in [6.07, 6.45) is 2.00. The number of benzene rings is 2. The number of aromatic nitrogens is 2. The van der Waals surface area contributed by atoms with Gasteiger partial charge in [0, 0.05) is 73.8 Å². The van der Waals surface area contributed by atoms with E-state index in [4.69, 9.17) is 19.2 Å². The first-order chi connectivity index (χ1) is 36.7. The van der Waals surface area contributed by atoms with Gasteiger partial charge in [-0.3, -0.25) is 48.1 Å². The lowest BCUT2D eigenvalue weighted by Crippen LogP contribution is -2.54. The summed E-state index contributed by atoms with van der Waals surface area (Å²) in [5.41, 5.74) is 0.771. The topological polar surface area (TPSA) is 303 Å². The van der Waals surface area contributed by atoms with Crippen LogP contribution in [0, 0.1) is 12.7 Å². The van der Waals surface area contributed by atoms with E-state index in [1.54, 1.807) is 26.0 Å². The van der Waals surface area contributed by atoms with Crippen molar-refractivity contribution < 1.29 is 66.9 Å². The van der Waals surface area contributed by atoms with Crippen LogP contribution in [0.4, 0.5) is 4.39 Å². The van der Waals surface area contributed by atoms with Crippen molar-refractivity contribution >= 4 is 64.1 Å². The third kappa shape index (κ3) is 13.1. The molecule has 0 aliphatic carbocycles. The molecule has 6 N–H and O–H groups in total. The van der Waals surface area contributed by atoms with Crippen LogP contribution < -0.4 is 32.1 Å². The van der Waals surface area contributed by atoms with E-state index in [1.165, 1.54) is 36.3 Å². The van der Waals surface area contributed by atoms with Gasteiger partial charge in [-0.05, 0) is 62.9 Å². The minimum Gasteiger partial charge on any atom is -0.458 e. The van der Waals surface area contributed by atoms with Crippen molar-refractivity contribution in [1.29, 1.82) is 0 Å². The van der Waals surface area contributed by atoms with Crippen LogP contribution in [0.15, 0.2) is 65.5 Å². The molecule has 0 saturated carbocycles. The zero-order valence-corrected chi connectivity index (χ0v) is 43.1. The molecule has 0 spiro atoms. The summed E-state index contributed by atoms with van der Waals surface area (Å²) >= 11 is 0. The van der Waals surface area contributed by atoms with Gasteiger partial charge in [-0.1, -0.05) is 37.3 Å². The Balaban J connectivity index is 0.894. The van der Waals surface area contributed by atoms with Gasteiger partial charge < -0.3 is 55.4 Å². The molecule has 0 fully saturated rings. The third-order valence-electron chi connectivity index (χ3n) is 13.4. The molecular weight excluding hydrogens is 1010 g/mol. The molecule has 0 saturated heterocycles. The lowest BCUT2D eigenvalue weighted by atomic mass is 9.86. The Kier molecular flexibility index (Phi) is 18.1. The number of carbonyl (C=O) groups is 9. The first kappa shape index (κ1) is 56.5. The van der Waals surface area contributed by atoms with Crippen molar-refractivity contribution in [3.63, 3.8) is 0 Å². The number of nitrogens with one attached hydrogen (secondary N) is 5. The highest BCUT2D eigenvalue weighted by Crippen LogP contribution is 2.41. The van der Waals surface area contributed by atoms with E-state index in [2.05, 4.69) is 26.6 Å². The summed E-state index contributed by atoms with van der Waals surface area (Å²) in [5.74, 6) is -5.85. The Bertz CT molecular complexity index is 3090. The monoisotopic (exact) mass is 1070 g/mol. The van der Waals surface area contributed by atoms with Gasteiger partial charge in [0.15, 0.2) is 5.60 Å². The minimum atomic E-state index is -2.07. The van der Waals surface area contributed by atoms with Crippen molar-refractivity contribution in [3.05, 3.63) is 110 Å². The number of aliphatic hydroxyl groups is 1. The fourth-order valence-electron chi connectivity index (χ4n) is 8.87. The number of amides is 8. The van der Waals surface area contributed by atoms with E-state index < -0.39 is 102 Å². The zero-order chi connectivity index (χ0) is 55.7. The number of nitrogens with zero attached hydrogens (tertiary/aromatic N) is 4. The molecule has 5 heterocycles. The standard InChI is InChI=1S/C53H60FN9O14/c1-6-53(74)38-21-41-47-36(25-63(41)51(72)37(38)26-77-52(53)73)35(34-20-29(2)39(54)22-40(34)60-47)24-61(23-33-10-8-7-9-11-33)46(68)27-76-28-56-48(69)30(3)58-50(71)32(5)59-49(70)31(4)57-43(65)15-18-75-19-16-55-42(64)14-17-62-44(66)12-13-45(62)67/h7-13,20-22,30-32,74H,6,14-19,23-28H2,1-5H3,(H,55,64)(H,56,69)(H,57,65)(H,58,71)(H,59,70)/t30-,31-,32+,53-/m0/s1. The number of aryl methyl sites for hydroxylation is 1. The Morgan fingerprint density at radius 3 is 2.19 bits per heavy atom. The number of esters is 1. The maximum absolute atomic E-state index is 15.2. The summed E-state index contributed by atoms with van der Waals surface area (Å²) in [6.45, 7) is 6.27. The molecule has 3 aliphatic heterocycles. The number of fused-ring (bicyclic) bond motifs is 5. The molecule has 2 aromatic heterocycles.